The van der Waals surface area contributed by atoms with Gasteiger partial charge in [-0.2, -0.15) is 0 Å². The van der Waals surface area contributed by atoms with E-state index in [1.807, 2.05) is 12.3 Å². The van der Waals surface area contributed by atoms with Crippen molar-refractivity contribution >= 4 is 0 Å². The minimum atomic E-state index is 0.270. The number of aromatic nitrogens is 1. The van der Waals surface area contributed by atoms with Crippen molar-refractivity contribution in [3.05, 3.63) is 29.6 Å². The van der Waals surface area contributed by atoms with E-state index in [9.17, 15) is 5.11 Å². The van der Waals surface area contributed by atoms with Gasteiger partial charge in [-0.25, -0.2) is 0 Å². The molecule has 3 nitrogen and oxygen atoms in total. The molecule has 0 radical (unpaired) electrons. The predicted molar refractivity (Wildman–Crippen MR) is 64.1 cm³/mol. The summed E-state index contributed by atoms with van der Waals surface area (Å²) in [5, 5.41) is 9.35. The maximum Gasteiger partial charge on any atom is 0.0587 e. The molecule has 3 heteroatoms. The SMILES string of the molecule is Cc1cccnc1CN1CCCCC1CO. The lowest BCUT2D eigenvalue weighted by molar-refractivity contribution is 0.0829. The highest BCUT2D eigenvalue weighted by atomic mass is 16.3. The second-order valence-corrected chi connectivity index (χ2v) is 4.57. The number of hydrogen-bond acceptors (Lipinski definition) is 3. The zero-order valence-corrected chi connectivity index (χ0v) is 9.89. The summed E-state index contributed by atoms with van der Waals surface area (Å²) in [7, 11) is 0. The minimum Gasteiger partial charge on any atom is -0.395 e. The molecule has 16 heavy (non-hydrogen) atoms. The maximum absolute atomic E-state index is 9.35. The van der Waals surface area contributed by atoms with Crippen LogP contribution in [0.5, 0.6) is 0 Å². The predicted octanol–water partition coefficient (Wildman–Crippen LogP) is 1.74. The molecule has 88 valence electrons. The number of rotatable bonds is 3. The largest absolute Gasteiger partial charge is 0.395 e. The Balaban J connectivity index is 2.05. The Bertz CT molecular complexity index is 340. The Morgan fingerprint density at radius 3 is 3.12 bits per heavy atom. The highest BCUT2D eigenvalue weighted by Crippen LogP contribution is 2.19. The standard InChI is InChI=1S/C13H20N2O/c1-11-5-4-7-14-13(11)9-15-8-3-2-6-12(15)10-16/h4-5,7,12,16H,2-3,6,8-10H2,1H3. The van der Waals surface area contributed by atoms with E-state index in [0.717, 1.165) is 25.2 Å². The van der Waals surface area contributed by atoms with E-state index in [1.165, 1.54) is 18.4 Å². The van der Waals surface area contributed by atoms with Crippen LogP contribution in [0.2, 0.25) is 0 Å². The second-order valence-electron chi connectivity index (χ2n) is 4.57. The van der Waals surface area contributed by atoms with Crippen molar-refractivity contribution in [3.63, 3.8) is 0 Å². The average molecular weight is 220 g/mol. The Labute approximate surface area is 97.1 Å². The molecule has 0 saturated carbocycles. The van der Waals surface area contributed by atoms with Crippen molar-refractivity contribution in [1.82, 2.24) is 9.88 Å². The van der Waals surface area contributed by atoms with Gasteiger partial charge in [0.15, 0.2) is 0 Å². The number of piperidine rings is 1. The quantitative estimate of drug-likeness (QED) is 0.843. The first-order valence-corrected chi connectivity index (χ1v) is 6.06. The van der Waals surface area contributed by atoms with Gasteiger partial charge < -0.3 is 5.11 Å². The Morgan fingerprint density at radius 2 is 2.38 bits per heavy atom. The van der Waals surface area contributed by atoms with Crippen molar-refractivity contribution in [2.75, 3.05) is 13.2 Å². The molecule has 0 spiro atoms. The van der Waals surface area contributed by atoms with Gasteiger partial charge in [-0.05, 0) is 37.9 Å². The van der Waals surface area contributed by atoms with E-state index >= 15 is 0 Å². The van der Waals surface area contributed by atoms with Crippen molar-refractivity contribution in [1.29, 1.82) is 0 Å². The molecule has 1 saturated heterocycles. The van der Waals surface area contributed by atoms with E-state index in [4.69, 9.17) is 0 Å². The maximum atomic E-state index is 9.35. The van der Waals surface area contributed by atoms with Gasteiger partial charge in [0, 0.05) is 18.8 Å². The van der Waals surface area contributed by atoms with E-state index in [0.29, 0.717) is 6.04 Å². The fourth-order valence-electron chi connectivity index (χ4n) is 2.35. The zero-order chi connectivity index (χ0) is 11.4. The molecule has 2 rings (SSSR count). The molecule has 1 aromatic rings. The van der Waals surface area contributed by atoms with Crippen molar-refractivity contribution in [2.45, 2.75) is 38.8 Å². The molecular weight excluding hydrogens is 200 g/mol. The lowest BCUT2D eigenvalue weighted by Gasteiger charge is -2.34. The summed E-state index contributed by atoms with van der Waals surface area (Å²) < 4.78 is 0. The lowest BCUT2D eigenvalue weighted by atomic mass is 10.0. The minimum absolute atomic E-state index is 0.270. The number of aliphatic hydroxyl groups is 1. The molecular formula is C13H20N2O. The van der Waals surface area contributed by atoms with Gasteiger partial charge in [0.05, 0.1) is 12.3 Å². The number of aliphatic hydroxyl groups excluding tert-OH is 1. The molecule has 0 bridgehead atoms. The van der Waals surface area contributed by atoms with E-state index in [-0.39, 0.29) is 6.61 Å². The monoisotopic (exact) mass is 220 g/mol. The van der Waals surface area contributed by atoms with Crippen LogP contribution in [0, 0.1) is 6.92 Å². The molecule has 1 atom stereocenters. The van der Waals surface area contributed by atoms with Crippen LogP contribution >= 0.6 is 0 Å². The number of aryl methyl sites for hydroxylation is 1. The summed E-state index contributed by atoms with van der Waals surface area (Å²) in [5.41, 5.74) is 2.38. The van der Waals surface area contributed by atoms with Gasteiger partial charge in [0.2, 0.25) is 0 Å². The van der Waals surface area contributed by atoms with E-state index in [2.05, 4.69) is 22.9 Å². The highest BCUT2D eigenvalue weighted by molar-refractivity contribution is 5.17. The first kappa shape index (κ1) is 11.6. The number of likely N-dealkylation sites (tertiary alicyclic amines) is 1. The number of pyridine rings is 1. The van der Waals surface area contributed by atoms with Gasteiger partial charge in [-0.3, -0.25) is 9.88 Å². The second kappa shape index (κ2) is 5.41. The van der Waals surface area contributed by atoms with Crippen molar-refractivity contribution < 1.29 is 5.11 Å². The molecule has 0 amide bonds. The summed E-state index contributed by atoms with van der Waals surface area (Å²) in [5.74, 6) is 0. The zero-order valence-electron chi connectivity index (χ0n) is 9.89. The molecule has 1 aliphatic rings. The first-order valence-electron chi connectivity index (χ1n) is 6.06. The Kier molecular flexibility index (Phi) is 3.91. The van der Waals surface area contributed by atoms with Crippen molar-refractivity contribution in [2.24, 2.45) is 0 Å². The third-order valence-electron chi connectivity index (χ3n) is 3.43. The summed E-state index contributed by atoms with van der Waals surface area (Å²) in [6, 6.07) is 4.40. The Hall–Kier alpha value is -0.930. The van der Waals surface area contributed by atoms with Crippen LogP contribution in [-0.2, 0) is 6.54 Å². The lowest BCUT2D eigenvalue weighted by Crippen LogP contribution is -2.41. The smallest absolute Gasteiger partial charge is 0.0587 e. The molecule has 1 unspecified atom stereocenters. The van der Waals surface area contributed by atoms with Crippen LogP contribution in [-0.4, -0.2) is 34.2 Å². The van der Waals surface area contributed by atoms with Crippen LogP contribution in [0.25, 0.3) is 0 Å². The summed E-state index contributed by atoms with van der Waals surface area (Å²) in [6.45, 7) is 4.32. The van der Waals surface area contributed by atoms with Crippen LogP contribution < -0.4 is 0 Å². The highest BCUT2D eigenvalue weighted by Gasteiger charge is 2.22. The fraction of sp³-hybridized carbons (Fsp3) is 0.615. The van der Waals surface area contributed by atoms with Crippen LogP contribution in [0.4, 0.5) is 0 Å². The fourth-order valence-corrected chi connectivity index (χ4v) is 2.35. The number of nitrogens with zero attached hydrogens (tertiary/aromatic N) is 2. The summed E-state index contributed by atoms with van der Waals surface area (Å²) >= 11 is 0. The van der Waals surface area contributed by atoms with Gasteiger partial charge >= 0.3 is 0 Å². The van der Waals surface area contributed by atoms with Gasteiger partial charge in [-0.15, -0.1) is 0 Å². The average Bonchev–Trinajstić information content (AvgIpc) is 2.33. The molecule has 1 aromatic heterocycles. The van der Waals surface area contributed by atoms with Crippen LogP contribution in [0.3, 0.4) is 0 Å². The third kappa shape index (κ3) is 2.60. The molecule has 1 N–H and O–H groups in total. The molecule has 2 heterocycles. The molecule has 1 fully saturated rings. The van der Waals surface area contributed by atoms with Crippen LogP contribution in [0.1, 0.15) is 30.5 Å². The van der Waals surface area contributed by atoms with E-state index < -0.39 is 0 Å². The van der Waals surface area contributed by atoms with Crippen LogP contribution in [0.15, 0.2) is 18.3 Å². The van der Waals surface area contributed by atoms with Gasteiger partial charge in [0.25, 0.3) is 0 Å². The normalized spacial score (nSPS) is 22.2. The van der Waals surface area contributed by atoms with E-state index in [1.54, 1.807) is 0 Å². The topological polar surface area (TPSA) is 36.4 Å². The Morgan fingerprint density at radius 1 is 1.50 bits per heavy atom. The molecule has 0 aliphatic carbocycles. The summed E-state index contributed by atoms with van der Waals surface area (Å²) in [4.78, 5) is 6.78. The molecule has 0 aromatic carbocycles. The third-order valence-corrected chi connectivity index (χ3v) is 3.43. The van der Waals surface area contributed by atoms with Gasteiger partial charge in [-0.1, -0.05) is 12.5 Å². The van der Waals surface area contributed by atoms with Crippen molar-refractivity contribution in [3.8, 4) is 0 Å². The number of hydrogen-bond donors (Lipinski definition) is 1. The summed E-state index contributed by atoms with van der Waals surface area (Å²) in [6.07, 6.45) is 5.44. The first-order chi connectivity index (χ1) is 7.81. The molecule has 1 aliphatic heterocycles. The van der Waals surface area contributed by atoms with Gasteiger partial charge in [0.1, 0.15) is 0 Å².